The van der Waals surface area contributed by atoms with E-state index in [0.29, 0.717) is 11.3 Å². The zero-order valence-corrected chi connectivity index (χ0v) is 9.98. The quantitative estimate of drug-likeness (QED) is 0.728. The second-order valence-corrected chi connectivity index (χ2v) is 4.80. The molecule has 2 nitrogen and oxygen atoms in total. The third-order valence-electron chi connectivity index (χ3n) is 2.86. The predicted octanol–water partition coefficient (Wildman–Crippen LogP) is 3.14. The van der Waals surface area contributed by atoms with Crippen LogP contribution in [0.5, 0.6) is 5.75 Å². The molecule has 0 saturated carbocycles. The molecule has 1 aromatic rings. The smallest absolute Gasteiger partial charge is 0.177 e. The van der Waals surface area contributed by atoms with Crippen LogP contribution in [0.2, 0.25) is 0 Å². The molecule has 2 unspecified atom stereocenters. The summed E-state index contributed by atoms with van der Waals surface area (Å²) in [5, 5.41) is 0. The van der Waals surface area contributed by atoms with E-state index < -0.39 is 0 Å². The molecule has 0 N–H and O–H groups in total. The third-order valence-corrected chi connectivity index (χ3v) is 3.35. The molecule has 1 heterocycles. The van der Waals surface area contributed by atoms with Crippen molar-refractivity contribution in [3.8, 4) is 5.75 Å². The highest BCUT2D eigenvalue weighted by Crippen LogP contribution is 2.35. The highest BCUT2D eigenvalue weighted by molar-refractivity contribution is 9.10. The van der Waals surface area contributed by atoms with E-state index in [1.165, 1.54) is 0 Å². The Morgan fingerprint density at radius 2 is 2.00 bits per heavy atom. The van der Waals surface area contributed by atoms with Crippen LogP contribution in [-0.4, -0.2) is 11.9 Å². The Labute approximate surface area is 102 Å². The first-order chi connectivity index (χ1) is 7.75. The van der Waals surface area contributed by atoms with Crippen LogP contribution < -0.4 is 4.74 Å². The number of carbonyl (C=O) groups excluding carboxylic acids is 1. The molecule has 80 valence electrons. The van der Waals surface area contributed by atoms with E-state index >= 15 is 0 Å². The fraction of sp³-hybridized carbons (Fsp3) is 0.154. The van der Waals surface area contributed by atoms with Crippen LogP contribution in [0.4, 0.5) is 0 Å². The summed E-state index contributed by atoms with van der Waals surface area (Å²) in [6.07, 6.45) is 7.48. The lowest BCUT2D eigenvalue weighted by Crippen LogP contribution is -2.36. The van der Waals surface area contributed by atoms with Gasteiger partial charge in [0, 0.05) is 4.47 Å². The lowest BCUT2D eigenvalue weighted by Gasteiger charge is -2.30. The minimum absolute atomic E-state index is 0.138. The van der Waals surface area contributed by atoms with Crippen LogP contribution in [0.15, 0.2) is 47.0 Å². The first kappa shape index (κ1) is 9.85. The van der Waals surface area contributed by atoms with Crippen molar-refractivity contribution in [3.05, 3.63) is 52.5 Å². The van der Waals surface area contributed by atoms with Gasteiger partial charge < -0.3 is 4.74 Å². The van der Waals surface area contributed by atoms with E-state index in [4.69, 9.17) is 4.74 Å². The van der Waals surface area contributed by atoms with Crippen LogP contribution in [0, 0.1) is 5.92 Å². The minimum atomic E-state index is -0.168. The second-order valence-electron chi connectivity index (χ2n) is 3.88. The molecular formula is C13H9BrO2. The van der Waals surface area contributed by atoms with Crippen LogP contribution in [0.25, 0.3) is 0 Å². The summed E-state index contributed by atoms with van der Waals surface area (Å²) in [7, 11) is 0. The Morgan fingerprint density at radius 1 is 1.19 bits per heavy atom. The summed E-state index contributed by atoms with van der Waals surface area (Å²) in [5.74, 6) is 0.638. The van der Waals surface area contributed by atoms with Gasteiger partial charge in [-0.15, -0.1) is 0 Å². The average molecular weight is 277 g/mol. The number of halogens is 1. The van der Waals surface area contributed by atoms with Crippen LogP contribution >= 0.6 is 15.9 Å². The van der Waals surface area contributed by atoms with Gasteiger partial charge in [-0.25, -0.2) is 0 Å². The van der Waals surface area contributed by atoms with Crippen LogP contribution in [0.1, 0.15) is 10.4 Å². The maximum absolute atomic E-state index is 12.2. The molecule has 2 aliphatic rings. The molecule has 1 aliphatic heterocycles. The number of hydrogen-bond acceptors (Lipinski definition) is 2. The molecule has 0 fully saturated rings. The van der Waals surface area contributed by atoms with Crippen molar-refractivity contribution in [1.82, 2.24) is 0 Å². The third kappa shape index (κ3) is 1.43. The monoisotopic (exact) mass is 276 g/mol. The average Bonchev–Trinajstić information content (AvgIpc) is 2.29. The van der Waals surface area contributed by atoms with E-state index in [2.05, 4.69) is 15.9 Å². The number of rotatable bonds is 0. The molecule has 0 radical (unpaired) electrons. The van der Waals surface area contributed by atoms with E-state index in [1.807, 2.05) is 42.5 Å². The van der Waals surface area contributed by atoms with E-state index in [9.17, 15) is 4.79 Å². The number of hydrogen-bond donors (Lipinski definition) is 0. The van der Waals surface area contributed by atoms with Gasteiger partial charge in [-0.3, -0.25) is 4.79 Å². The number of allylic oxidation sites excluding steroid dienone is 2. The van der Waals surface area contributed by atoms with Gasteiger partial charge in [0.25, 0.3) is 0 Å². The highest BCUT2D eigenvalue weighted by Gasteiger charge is 2.34. The van der Waals surface area contributed by atoms with Gasteiger partial charge in [0.2, 0.25) is 0 Å². The number of Topliss-reactive ketones (excluding diaryl/α,β-unsaturated/α-hetero) is 1. The summed E-state index contributed by atoms with van der Waals surface area (Å²) in [6.45, 7) is 0. The van der Waals surface area contributed by atoms with Crippen molar-refractivity contribution in [2.24, 2.45) is 5.92 Å². The summed E-state index contributed by atoms with van der Waals surface area (Å²) in [6, 6.07) is 5.52. The summed E-state index contributed by atoms with van der Waals surface area (Å²) >= 11 is 3.38. The topological polar surface area (TPSA) is 26.3 Å². The maximum Gasteiger partial charge on any atom is 0.177 e. The van der Waals surface area contributed by atoms with Gasteiger partial charge in [0.15, 0.2) is 5.78 Å². The lowest BCUT2D eigenvalue weighted by atomic mass is 9.87. The van der Waals surface area contributed by atoms with Gasteiger partial charge in [0.05, 0.1) is 11.5 Å². The number of ether oxygens (including phenoxy) is 1. The van der Waals surface area contributed by atoms with Crippen LogP contribution in [-0.2, 0) is 0 Å². The van der Waals surface area contributed by atoms with Gasteiger partial charge in [0.1, 0.15) is 11.9 Å². The van der Waals surface area contributed by atoms with E-state index in [1.54, 1.807) is 0 Å². The normalized spacial score (nSPS) is 25.9. The fourth-order valence-electron chi connectivity index (χ4n) is 2.06. The number of benzene rings is 1. The molecule has 0 amide bonds. The maximum atomic E-state index is 12.2. The van der Waals surface area contributed by atoms with Gasteiger partial charge in [-0.1, -0.05) is 34.2 Å². The van der Waals surface area contributed by atoms with Crippen molar-refractivity contribution >= 4 is 21.7 Å². The first-order valence-electron chi connectivity index (χ1n) is 5.11. The fourth-order valence-corrected chi connectivity index (χ4v) is 2.40. The highest BCUT2D eigenvalue weighted by atomic mass is 79.9. The number of carbonyl (C=O) groups is 1. The molecule has 0 saturated heterocycles. The van der Waals surface area contributed by atoms with Gasteiger partial charge >= 0.3 is 0 Å². The molecule has 3 rings (SSSR count). The molecule has 16 heavy (non-hydrogen) atoms. The van der Waals surface area contributed by atoms with Gasteiger partial charge in [-0.2, -0.15) is 0 Å². The Morgan fingerprint density at radius 3 is 2.88 bits per heavy atom. The summed E-state index contributed by atoms with van der Waals surface area (Å²) < 4.78 is 6.72. The van der Waals surface area contributed by atoms with Crippen LogP contribution in [0.3, 0.4) is 0 Å². The SMILES string of the molecule is O=C1c2ccc(Br)cc2OC2C=CC=CC12. The van der Waals surface area contributed by atoms with Gasteiger partial charge in [-0.05, 0) is 24.3 Å². The largest absolute Gasteiger partial charge is 0.484 e. The van der Waals surface area contributed by atoms with Crippen molar-refractivity contribution in [2.45, 2.75) is 6.10 Å². The molecule has 3 heteroatoms. The lowest BCUT2D eigenvalue weighted by molar-refractivity contribution is 0.0806. The standard InChI is InChI=1S/C13H9BrO2/c14-8-5-6-10-12(7-8)16-11-4-2-1-3-9(11)13(10)15/h1-7,9,11H. The molecular weight excluding hydrogens is 268 g/mol. The first-order valence-corrected chi connectivity index (χ1v) is 5.90. The molecule has 0 aromatic heterocycles. The zero-order chi connectivity index (χ0) is 11.1. The number of fused-ring (bicyclic) bond motifs is 2. The zero-order valence-electron chi connectivity index (χ0n) is 8.39. The minimum Gasteiger partial charge on any atom is -0.484 e. The Hall–Kier alpha value is -1.35. The second kappa shape index (κ2) is 3.59. The van der Waals surface area contributed by atoms with Crippen molar-refractivity contribution in [3.63, 3.8) is 0 Å². The molecule has 0 bridgehead atoms. The Balaban J connectivity index is 2.11. The molecule has 2 atom stereocenters. The van der Waals surface area contributed by atoms with E-state index in [0.717, 1.165) is 4.47 Å². The Bertz CT molecular complexity index is 517. The van der Waals surface area contributed by atoms with Crippen molar-refractivity contribution in [2.75, 3.05) is 0 Å². The number of ketones is 1. The predicted molar refractivity (Wildman–Crippen MR) is 64.7 cm³/mol. The molecule has 0 spiro atoms. The summed E-state index contributed by atoms with van der Waals surface area (Å²) in [5.41, 5.74) is 0.671. The molecule has 1 aromatic carbocycles. The Kier molecular flexibility index (Phi) is 2.21. The van der Waals surface area contributed by atoms with Crippen molar-refractivity contribution in [1.29, 1.82) is 0 Å². The summed E-state index contributed by atoms with van der Waals surface area (Å²) in [4.78, 5) is 12.2. The molecule has 1 aliphatic carbocycles. The van der Waals surface area contributed by atoms with Crippen molar-refractivity contribution < 1.29 is 9.53 Å². The van der Waals surface area contributed by atoms with E-state index in [-0.39, 0.29) is 17.8 Å².